The predicted molar refractivity (Wildman–Crippen MR) is 14.7 cm³/mol. The summed E-state index contributed by atoms with van der Waals surface area (Å²) in [7, 11) is 0. The molecule has 27 valence electrons. The molecule has 0 N–H and O–H groups in total. The Morgan fingerprint density at radius 3 is 0.750 bits per heavy atom. The summed E-state index contributed by atoms with van der Waals surface area (Å²) in [5, 5.41) is 0. The summed E-state index contributed by atoms with van der Waals surface area (Å²) in [6, 6.07) is 0. The van der Waals surface area contributed by atoms with Gasteiger partial charge in [-0.15, -0.1) is 0 Å². The van der Waals surface area contributed by atoms with E-state index in [2.05, 4.69) is 0 Å². The van der Waals surface area contributed by atoms with Gasteiger partial charge in [-0.2, -0.15) is 0 Å². The molecule has 0 fully saturated rings. The molecule has 0 aliphatic rings. The van der Waals surface area contributed by atoms with Gasteiger partial charge < -0.3 is 27.0 Å². The minimum absolute atomic E-state index is 0. The Balaban J connectivity index is 0. The molecule has 0 amide bonds. The van der Waals surface area contributed by atoms with Crippen molar-refractivity contribution in [2.24, 2.45) is 0 Å². The summed E-state index contributed by atoms with van der Waals surface area (Å²) < 4.78 is 0. The van der Waals surface area contributed by atoms with Crippen molar-refractivity contribution in [3.63, 3.8) is 0 Å². The van der Waals surface area contributed by atoms with E-state index in [1.165, 1.54) is 0 Å². The first kappa shape index (κ1) is 42.6. The van der Waals surface area contributed by atoms with Crippen molar-refractivity contribution in [1.29, 1.82) is 0 Å². The van der Waals surface area contributed by atoms with Crippen molar-refractivity contribution in [1.82, 2.24) is 0 Å². The normalized spacial score (nSPS) is 0. The van der Waals surface area contributed by atoms with E-state index in [4.69, 9.17) is 0 Å². The van der Waals surface area contributed by atoms with E-state index in [0.717, 1.165) is 0 Å². The smallest absolute Gasteiger partial charge is 2.00 e. The first-order valence-electron chi connectivity index (χ1n) is 0. The van der Waals surface area contributed by atoms with Crippen molar-refractivity contribution in [2.45, 2.75) is 0 Å². The molecule has 0 aromatic heterocycles. The SMILES string of the molecule is [Fe+2].[Mn+2].[S-2].[S-2]. The average Bonchev–Trinajstić information content (AvgIpc) is 0. The molecule has 0 aliphatic carbocycles. The minimum atomic E-state index is 0. The molecule has 0 aromatic rings. The van der Waals surface area contributed by atoms with Gasteiger partial charge in [0.2, 0.25) is 0 Å². The molecule has 0 saturated carbocycles. The van der Waals surface area contributed by atoms with Crippen molar-refractivity contribution < 1.29 is 34.1 Å². The molecule has 0 heterocycles. The van der Waals surface area contributed by atoms with Gasteiger partial charge in [0, 0.05) is 0 Å². The van der Waals surface area contributed by atoms with Crippen LogP contribution in [-0.4, -0.2) is 0 Å². The van der Waals surface area contributed by atoms with Gasteiger partial charge in [0.1, 0.15) is 0 Å². The van der Waals surface area contributed by atoms with Gasteiger partial charge in [0.15, 0.2) is 0 Å². The van der Waals surface area contributed by atoms with Crippen LogP contribution in [0, 0.1) is 0 Å². The standard InChI is InChI=1S/Fe.Mn.2S/q2*+2;2*-2. The van der Waals surface area contributed by atoms with E-state index in [1.54, 1.807) is 0 Å². The third-order valence-corrected chi connectivity index (χ3v) is 0. The molecule has 4 heteroatoms. The topological polar surface area (TPSA) is 0 Å². The molecule has 0 aliphatic heterocycles. The fourth-order valence-electron chi connectivity index (χ4n) is 0. The molecule has 0 bridgehead atoms. The van der Waals surface area contributed by atoms with E-state index < -0.39 is 0 Å². The van der Waals surface area contributed by atoms with Crippen LogP contribution >= 0.6 is 0 Å². The molecule has 0 atom stereocenters. The summed E-state index contributed by atoms with van der Waals surface area (Å²) in [6.45, 7) is 0. The Labute approximate surface area is 60.9 Å². The quantitative estimate of drug-likeness (QED) is 0.454. The van der Waals surface area contributed by atoms with Crippen molar-refractivity contribution in [3.8, 4) is 0 Å². The summed E-state index contributed by atoms with van der Waals surface area (Å²) in [4.78, 5) is 0. The molecule has 0 rings (SSSR count). The maximum atomic E-state index is 0. The van der Waals surface area contributed by atoms with E-state index in [9.17, 15) is 0 Å². The molecule has 0 saturated heterocycles. The van der Waals surface area contributed by atoms with Crippen molar-refractivity contribution >= 4 is 27.0 Å². The van der Waals surface area contributed by atoms with Gasteiger partial charge in [-0.25, -0.2) is 0 Å². The minimum Gasteiger partial charge on any atom is -2.00 e. The van der Waals surface area contributed by atoms with Gasteiger partial charge in [-0.05, 0) is 0 Å². The van der Waals surface area contributed by atoms with Crippen LogP contribution in [0.15, 0.2) is 0 Å². The molecular formula is FeMnS2. The summed E-state index contributed by atoms with van der Waals surface area (Å²) in [6.07, 6.45) is 0. The van der Waals surface area contributed by atoms with Crippen molar-refractivity contribution in [2.75, 3.05) is 0 Å². The Morgan fingerprint density at radius 2 is 0.750 bits per heavy atom. The van der Waals surface area contributed by atoms with E-state index >= 15 is 0 Å². The zero-order valence-electron chi connectivity index (χ0n) is 1.55. The predicted octanol–water partition coefficient (Wildman–Crippen LogP) is -0.00980. The summed E-state index contributed by atoms with van der Waals surface area (Å²) in [5.41, 5.74) is 0. The third kappa shape index (κ3) is 9.28. The Hall–Kier alpha value is 1.74. The fraction of sp³-hybridized carbons (Fsp3) is 0. The van der Waals surface area contributed by atoms with E-state index in [1.807, 2.05) is 0 Å². The Kier molecular flexibility index (Phi) is 233. The largest absolute Gasteiger partial charge is 2.00 e. The van der Waals surface area contributed by atoms with Crippen LogP contribution < -0.4 is 0 Å². The second-order valence-electron chi connectivity index (χ2n) is 0. The Bertz CT molecular complexity index is 6.00. The molecule has 1 radical (unpaired) electrons. The fourth-order valence-corrected chi connectivity index (χ4v) is 0. The summed E-state index contributed by atoms with van der Waals surface area (Å²) in [5.74, 6) is 0. The van der Waals surface area contributed by atoms with Crippen LogP contribution in [0.1, 0.15) is 0 Å². The zero-order chi connectivity index (χ0) is 0. The number of hydrogen-bond acceptors (Lipinski definition) is 0. The molecule has 0 unspecified atom stereocenters. The molecular weight excluding hydrogens is 175 g/mol. The molecule has 0 aromatic carbocycles. The van der Waals surface area contributed by atoms with Crippen LogP contribution in [0.4, 0.5) is 0 Å². The van der Waals surface area contributed by atoms with Crippen LogP contribution in [-0.2, 0) is 61.1 Å². The van der Waals surface area contributed by atoms with Gasteiger partial charge in [-0.1, -0.05) is 0 Å². The average molecular weight is 175 g/mol. The Morgan fingerprint density at radius 1 is 0.750 bits per heavy atom. The van der Waals surface area contributed by atoms with Crippen LogP contribution in [0.2, 0.25) is 0 Å². The molecule has 0 spiro atoms. The monoisotopic (exact) mass is 175 g/mol. The summed E-state index contributed by atoms with van der Waals surface area (Å²) >= 11 is 0. The van der Waals surface area contributed by atoms with Gasteiger partial charge in [0.05, 0.1) is 0 Å². The van der Waals surface area contributed by atoms with Gasteiger partial charge in [0.25, 0.3) is 0 Å². The molecule has 0 nitrogen and oxygen atoms in total. The maximum absolute atomic E-state index is 0. The maximum Gasteiger partial charge on any atom is 2.00 e. The first-order valence-corrected chi connectivity index (χ1v) is 0. The van der Waals surface area contributed by atoms with E-state index in [0.29, 0.717) is 0 Å². The van der Waals surface area contributed by atoms with Gasteiger partial charge >= 0.3 is 34.1 Å². The van der Waals surface area contributed by atoms with Gasteiger partial charge in [-0.3, -0.25) is 0 Å². The number of rotatable bonds is 0. The molecule has 4 heavy (non-hydrogen) atoms. The second kappa shape index (κ2) is 21.9. The number of hydrogen-bond donors (Lipinski definition) is 0. The third-order valence-electron chi connectivity index (χ3n) is 0. The first-order chi connectivity index (χ1) is 0. The second-order valence-corrected chi connectivity index (χ2v) is 0. The van der Waals surface area contributed by atoms with Crippen LogP contribution in [0.5, 0.6) is 0 Å². The zero-order valence-corrected chi connectivity index (χ0v) is 5.47. The van der Waals surface area contributed by atoms with Crippen molar-refractivity contribution in [3.05, 3.63) is 0 Å². The van der Waals surface area contributed by atoms with Crippen LogP contribution in [0.25, 0.3) is 0 Å². The van der Waals surface area contributed by atoms with Crippen LogP contribution in [0.3, 0.4) is 0 Å². The van der Waals surface area contributed by atoms with E-state index in [-0.39, 0.29) is 61.1 Å².